The maximum atomic E-state index is 12.6. The third kappa shape index (κ3) is 2.15. The number of imide groups is 1. The molecule has 114 valence electrons. The number of carbonyl (C=O) groups is 3. The van der Waals surface area contributed by atoms with Crippen LogP contribution < -0.4 is 10.3 Å². The number of esters is 1. The molecule has 1 aromatic rings. The smallest absolute Gasteiger partial charge is 0.355 e. The molecule has 7 nitrogen and oxygen atoms in total. The molecule has 2 aliphatic heterocycles. The number of anilines is 1. The fraction of sp³-hybridized carbons (Fsp3) is 0.231. The summed E-state index contributed by atoms with van der Waals surface area (Å²) >= 11 is 6.64. The number of hydrazone groups is 1. The van der Waals surface area contributed by atoms with E-state index in [1.165, 1.54) is 7.11 Å². The Hall–Kier alpha value is -1.74. The van der Waals surface area contributed by atoms with E-state index in [4.69, 9.17) is 0 Å². The van der Waals surface area contributed by atoms with Crippen LogP contribution in [-0.2, 0) is 19.1 Å². The van der Waals surface area contributed by atoms with Gasteiger partial charge in [0.1, 0.15) is 12.0 Å². The first-order valence-corrected chi connectivity index (χ1v) is 7.78. The van der Waals surface area contributed by atoms with Crippen molar-refractivity contribution < 1.29 is 19.1 Å². The maximum absolute atomic E-state index is 12.6. The predicted molar refractivity (Wildman–Crippen MR) is 84.2 cm³/mol. The Morgan fingerprint density at radius 2 is 2.05 bits per heavy atom. The quantitative estimate of drug-likeness (QED) is 0.562. The van der Waals surface area contributed by atoms with Gasteiger partial charge < -0.3 is 4.74 Å². The minimum atomic E-state index is -0.963. The minimum Gasteiger partial charge on any atom is -0.464 e. The second kappa shape index (κ2) is 5.47. The fourth-order valence-corrected chi connectivity index (χ4v) is 3.69. The second-order valence-electron chi connectivity index (χ2n) is 4.68. The largest absolute Gasteiger partial charge is 0.464 e. The van der Waals surface area contributed by atoms with Crippen molar-refractivity contribution in [1.82, 2.24) is 5.43 Å². The molecule has 9 heteroatoms. The van der Waals surface area contributed by atoms with E-state index in [1.54, 1.807) is 18.2 Å². The van der Waals surface area contributed by atoms with Gasteiger partial charge in [0.2, 0.25) is 5.91 Å². The number of benzene rings is 1. The molecule has 0 unspecified atom stereocenters. The summed E-state index contributed by atoms with van der Waals surface area (Å²) in [7, 11) is 1.20. The van der Waals surface area contributed by atoms with Crippen LogP contribution in [0.2, 0.25) is 0 Å². The zero-order chi connectivity index (χ0) is 16.0. The first kappa shape index (κ1) is 15.2. The highest BCUT2D eigenvalue weighted by Crippen LogP contribution is 2.36. The molecule has 2 heterocycles. The molecule has 3 rings (SSSR count). The number of ether oxygens (including phenoxy) is 1. The average molecular weight is 431 g/mol. The normalized spacial score (nSPS) is 23.2. The molecule has 1 aromatic carbocycles. The summed E-state index contributed by atoms with van der Waals surface area (Å²) < 4.78 is 5.99. The Labute approximate surface area is 141 Å². The Balaban J connectivity index is 2.00. The van der Waals surface area contributed by atoms with Gasteiger partial charge in [0.25, 0.3) is 5.91 Å². The molecule has 0 bridgehead atoms. The van der Waals surface area contributed by atoms with E-state index in [-0.39, 0.29) is 5.71 Å². The molecule has 1 fully saturated rings. The Morgan fingerprint density at radius 1 is 1.32 bits per heavy atom. The number of carbonyl (C=O) groups excluding carboxylic acids is 3. The molecule has 2 aliphatic rings. The number of fused-ring (bicyclic) bond motifs is 1. The van der Waals surface area contributed by atoms with Crippen LogP contribution in [0.5, 0.6) is 0 Å². The minimum absolute atomic E-state index is 0.0819. The Bertz CT molecular complexity index is 734. The standard InChI is InChI=1S/C13H9Br2N3O4/c1-22-13(21)10-8-9(16-17-10)12(20)18(11(8)19)7-3-2-5(14)4-6(7)15/h2-4,8-9,16H,1H3/t8-,9+/m1/s1. The van der Waals surface area contributed by atoms with Crippen LogP contribution in [-0.4, -0.2) is 36.6 Å². The van der Waals surface area contributed by atoms with E-state index in [1.807, 2.05) is 0 Å². The number of hydrogen-bond donors (Lipinski definition) is 1. The van der Waals surface area contributed by atoms with Crippen LogP contribution in [0.1, 0.15) is 0 Å². The fourth-order valence-electron chi connectivity index (χ4n) is 2.46. The Morgan fingerprint density at radius 3 is 2.68 bits per heavy atom. The molecule has 22 heavy (non-hydrogen) atoms. The van der Waals surface area contributed by atoms with E-state index in [0.29, 0.717) is 10.2 Å². The number of hydrogen-bond acceptors (Lipinski definition) is 6. The molecule has 0 aromatic heterocycles. The lowest BCUT2D eigenvalue weighted by Crippen LogP contribution is -2.36. The highest BCUT2D eigenvalue weighted by Gasteiger charge is 2.56. The summed E-state index contributed by atoms with van der Waals surface area (Å²) in [5.41, 5.74) is 2.88. The third-order valence-corrected chi connectivity index (χ3v) is 4.60. The lowest BCUT2D eigenvalue weighted by atomic mass is 9.99. The summed E-state index contributed by atoms with van der Waals surface area (Å²) in [5.74, 6) is -2.65. The molecular formula is C13H9Br2N3O4. The highest BCUT2D eigenvalue weighted by molar-refractivity contribution is 9.11. The summed E-state index contributed by atoms with van der Waals surface area (Å²) in [5, 5.41) is 3.76. The van der Waals surface area contributed by atoms with Crippen molar-refractivity contribution in [2.75, 3.05) is 12.0 Å². The number of amides is 2. The number of rotatable bonds is 2. The van der Waals surface area contributed by atoms with E-state index in [2.05, 4.69) is 47.1 Å². The SMILES string of the molecule is COC(=O)C1=NN[C@@H]2C(=O)N(c3ccc(Br)cc3Br)C(=O)[C@@H]12. The van der Waals surface area contributed by atoms with Gasteiger partial charge in [-0.2, -0.15) is 5.10 Å². The van der Waals surface area contributed by atoms with Gasteiger partial charge in [0, 0.05) is 8.95 Å². The summed E-state index contributed by atoms with van der Waals surface area (Å²) in [6.07, 6.45) is 0. The number of methoxy groups -OCH3 is 1. The molecular weight excluding hydrogens is 422 g/mol. The van der Waals surface area contributed by atoms with Gasteiger partial charge in [-0.1, -0.05) is 15.9 Å². The summed E-state index contributed by atoms with van der Waals surface area (Å²) in [4.78, 5) is 37.8. The van der Waals surface area contributed by atoms with Gasteiger partial charge in [0.05, 0.1) is 12.8 Å². The van der Waals surface area contributed by atoms with Crippen LogP contribution in [0.25, 0.3) is 0 Å². The second-order valence-corrected chi connectivity index (χ2v) is 6.45. The van der Waals surface area contributed by atoms with Crippen molar-refractivity contribution in [2.24, 2.45) is 11.0 Å². The first-order valence-electron chi connectivity index (χ1n) is 6.20. The zero-order valence-corrected chi connectivity index (χ0v) is 14.3. The monoisotopic (exact) mass is 429 g/mol. The van der Waals surface area contributed by atoms with Crippen LogP contribution in [0.3, 0.4) is 0 Å². The summed E-state index contributed by atoms with van der Waals surface area (Å²) in [6, 6.07) is 4.21. The van der Waals surface area contributed by atoms with Gasteiger partial charge in [0.15, 0.2) is 5.71 Å². The maximum Gasteiger partial charge on any atom is 0.355 e. The van der Waals surface area contributed by atoms with E-state index in [9.17, 15) is 14.4 Å². The van der Waals surface area contributed by atoms with Gasteiger partial charge >= 0.3 is 5.97 Å². The van der Waals surface area contributed by atoms with Gasteiger partial charge in [-0.15, -0.1) is 0 Å². The van der Waals surface area contributed by atoms with Gasteiger partial charge in [-0.05, 0) is 34.1 Å². The van der Waals surface area contributed by atoms with Crippen LogP contribution in [0, 0.1) is 5.92 Å². The molecule has 0 aliphatic carbocycles. The lowest BCUT2D eigenvalue weighted by Gasteiger charge is -2.17. The molecule has 0 spiro atoms. The van der Waals surface area contributed by atoms with Crippen molar-refractivity contribution >= 4 is 61.0 Å². The predicted octanol–water partition coefficient (Wildman–Crippen LogP) is 1.20. The Kier molecular flexibility index (Phi) is 3.77. The van der Waals surface area contributed by atoms with Gasteiger partial charge in [-0.3, -0.25) is 15.0 Å². The van der Waals surface area contributed by atoms with Crippen LogP contribution >= 0.6 is 31.9 Å². The first-order chi connectivity index (χ1) is 10.5. The average Bonchev–Trinajstić information content (AvgIpc) is 3.01. The third-order valence-electron chi connectivity index (χ3n) is 3.47. The molecule has 1 saturated heterocycles. The van der Waals surface area contributed by atoms with Crippen molar-refractivity contribution in [3.63, 3.8) is 0 Å². The van der Waals surface area contributed by atoms with Crippen molar-refractivity contribution in [1.29, 1.82) is 0 Å². The zero-order valence-electron chi connectivity index (χ0n) is 11.2. The highest BCUT2D eigenvalue weighted by atomic mass is 79.9. The molecule has 2 atom stereocenters. The number of halogens is 2. The lowest BCUT2D eigenvalue weighted by molar-refractivity contribution is -0.133. The van der Waals surface area contributed by atoms with Gasteiger partial charge in [-0.25, -0.2) is 9.69 Å². The van der Waals surface area contributed by atoms with Crippen LogP contribution in [0.4, 0.5) is 5.69 Å². The molecule has 1 N–H and O–H groups in total. The van der Waals surface area contributed by atoms with E-state index >= 15 is 0 Å². The van der Waals surface area contributed by atoms with Crippen molar-refractivity contribution in [3.8, 4) is 0 Å². The molecule has 2 amide bonds. The summed E-state index contributed by atoms with van der Waals surface area (Å²) in [6.45, 7) is 0. The van der Waals surface area contributed by atoms with Crippen LogP contribution in [0.15, 0.2) is 32.2 Å². The molecule has 0 saturated carbocycles. The van der Waals surface area contributed by atoms with E-state index < -0.39 is 29.7 Å². The van der Waals surface area contributed by atoms with E-state index in [0.717, 1.165) is 9.37 Å². The number of nitrogens with one attached hydrogen (secondary N) is 1. The topological polar surface area (TPSA) is 88.1 Å². The number of nitrogens with zero attached hydrogens (tertiary/aromatic N) is 2. The molecule has 0 radical (unpaired) electrons. The van der Waals surface area contributed by atoms with Crippen molar-refractivity contribution in [2.45, 2.75) is 6.04 Å². The van der Waals surface area contributed by atoms with Crippen molar-refractivity contribution in [3.05, 3.63) is 27.1 Å².